The number of halogens is 1. The first-order valence-corrected chi connectivity index (χ1v) is 8.73. The number of fused-ring (bicyclic) bond motifs is 1. The molecule has 0 radical (unpaired) electrons. The maximum absolute atomic E-state index is 6.28. The predicted molar refractivity (Wildman–Crippen MR) is 91.4 cm³/mol. The Hall–Kier alpha value is -0.870. The largest absolute Gasteiger partial charge is 0.306 e. The zero-order valence-electron chi connectivity index (χ0n) is 11.4. The quantitative estimate of drug-likeness (QED) is 0.657. The molecule has 0 saturated heterocycles. The van der Waals surface area contributed by atoms with E-state index in [-0.39, 0.29) is 6.04 Å². The van der Waals surface area contributed by atoms with Crippen LogP contribution in [0.5, 0.6) is 0 Å². The van der Waals surface area contributed by atoms with Crippen molar-refractivity contribution < 1.29 is 0 Å². The van der Waals surface area contributed by atoms with Crippen LogP contribution in [-0.2, 0) is 0 Å². The molecule has 2 aromatic heterocycles. The Kier molecular flexibility index (Phi) is 4.13. The molecule has 1 aromatic carbocycles. The lowest BCUT2D eigenvalue weighted by Crippen LogP contribution is -2.21. The molecule has 0 aliphatic rings. The van der Waals surface area contributed by atoms with Crippen LogP contribution in [-0.4, -0.2) is 6.54 Å². The first-order valence-electron chi connectivity index (χ1n) is 6.65. The van der Waals surface area contributed by atoms with Crippen LogP contribution in [0.3, 0.4) is 0 Å². The Morgan fingerprint density at radius 1 is 1.20 bits per heavy atom. The molecule has 104 valence electrons. The monoisotopic (exact) mass is 321 g/mol. The Morgan fingerprint density at radius 2 is 2.05 bits per heavy atom. The normalized spacial score (nSPS) is 12.9. The van der Waals surface area contributed by atoms with E-state index in [0.717, 1.165) is 17.1 Å². The first kappa shape index (κ1) is 14.1. The molecule has 0 amide bonds. The Labute approximate surface area is 132 Å². The highest BCUT2D eigenvalue weighted by atomic mass is 35.5. The van der Waals surface area contributed by atoms with E-state index in [1.54, 1.807) is 11.3 Å². The van der Waals surface area contributed by atoms with Crippen LogP contribution in [0.2, 0.25) is 5.02 Å². The average molecular weight is 322 g/mol. The van der Waals surface area contributed by atoms with Crippen LogP contribution in [0.1, 0.15) is 29.0 Å². The van der Waals surface area contributed by atoms with Gasteiger partial charge in [-0.2, -0.15) is 0 Å². The molecular formula is C16H16ClNS2. The lowest BCUT2D eigenvalue weighted by Gasteiger charge is -2.17. The molecule has 0 aliphatic carbocycles. The highest BCUT2D eigenvalue weighted by molar-refractivity contribution is 7.27. The first-order chi connectivity index (χ1) is 9.69. The fourth-order valence-corrected chi connectivity index (χ4v) is 4.71. The van der Waals surface area contributed by atoms with Crippen molar-refractivity contribution in [1.82, 2.24) is 5.32 Å². The fraction of sp³-hybridized carbons (Fsp3) is 0.250. The van der Waals surface area contributed by atoms with Gasteiger partial charge in [0.1, 0.15) is 0 Å². The van der Waals surface area contributed by atoms with Gasteiger partial charge in [-0.05, 0) is 48.2 Å². The summed E-state index contributed by atoms with van der Waals surface area (Å²) < 4.78 is 2.73. The molecule has 0 aliphatic heterocycles. The molecule has 3 aromatic rings. The average Bonchev–Trinajstić information content (AvgIpc) is 3.00. The fourth-order valence-electron chi connectivity index (χ4n) is 2.30. The molecule has 0 spiro atoms. The highest BCUT2D eigenvalue weighted by Crippen LogP contribution is 2.36. The summed E-state index contributed by atoms with van der Waals surface area (Å²) in [5, 5.41) is 6.55. The van der Waals surface area contributed by atoms with Gasteiger partial charge in [-0.3, -0.25) is 0 Å². The number of benzene rings is 1. The van der Waals surface area contributed by atoms with Crippen molar-refractivity contribution >= 4 is 43.7 Å². The smallest absolute Gasteiger partial charge is 0.0672 e. The maximum Gasteiger partial charge on any atom is 0.0672 e. The van der Waals surface area contributed by atoms with Crippen molar-refractivity contribution in [2.24, 2.45) is 0 Å². The maximum atomic E-state index is 6.28. The summed E-state index contributed by atoms with van der Waals surface area (Å²) >= 11 is 9.94. The van der Waals surface area contributed by atoms with Gasteiger partial charge >= 0.3 is 0 Å². The lowest BCUT2D eigenvalue weighted by atomic mass is 10.0. The van der Waals surface area contributed by atoms with Crippen molar-refractivity contribution in [2.45, 2.75) is 19.9 Å². The van der Waals surface area contributed by atoms with Crippen molar-refractivity contribution in [1.29, 1.82) is 0 Å². The van der Waals surface area contributed by atoms with Gasteiger partial charge in [0.25, 0.3) is 0 Å². The van der Waals surface area contributed by atoms with Crippen molar-refractivity contribution in [3.63, 3.8) is 0 Å². The molecule has 1 atom stereocenters. The topological polar surface area (TPSA) is 12.0 Å². The highest BCUT2D eigenvalue weighted by Gasteiger charge is 2.17. The van der Waals surface area contributed by atoms with Gasteiger partial charge in [0.15, 0.2) is 0 Å². The third-order valence-corrected chi connectivity index (χ3v) is 5.95. The minimum absolute atomic E-state index is 0.225. The van der Waals surface area contributed by atoms with Crippen LogP contribution in [0.25, 0.3) is 9.40 Å². The summed E-state index contributed by atoms with van der Waals surface area (Å²) in [7, 11) is 0. The molecule has 3 rings (SSSR count). The van der Waals surface area contributed by atoms with Gasteiger partial charge in [-0.15, -0.1) is 22.7 Å². The molecular weight excluding hydrogens is 306 g/mol. The molecule has 2 heterocycles. The number of hydrogen-bond acceptors (Lipinski definition) is 3. The molecule has 1 unspecified atom stereocenters. The summed E-state index contributed by atoms with van der Waals surface area (Å²) in [5.74, 6) is 0. The molecule has 0 fully saturated rings. The number of nitrogens with one attached hydrogen (secondary N) is 1. The standard InChI is InChI=1S/C16H16ClNS2/c1-3-18-16(11-5-4-10(2)12(17)8-11)15-9-14-13(20-15)6-7-19-14/h4-9,16,18H,3H2,1-2H3. The van der Waals surface area contributed by atoms with E-state index >= 15 is 0 Å². The van der Waals surface area contributed by atoms with Crippen molar-refractivity contribution in [2.75, 3.05) is 6.54 Å². The van der Waals surface area contributed by atoms with E-state index in [0.29, 0.717) is 0 Å². The van der Waals surface area contributed by atoms with Crippen LogP contribution < -0.4 is 5.32 Å². The van der Waals surface area contributed by atoms with Gasteiger partial charge in [0.2, 0.25) is 0 Å². The number of aryl methyl sites for hydroxylation is 1. The van der Waals surface area contributed by atoms with Gasteiger partial charge in [-0.1, -0.05) is 30.7 Å². The second-order valence-corrected chi connectivity index (χ2v) is 7.27. The second-order valence-electron chi connectivity index (χ2n) is 4.80. The Morgan fingerprint density at radius 3 is 2.75 bits per heavy atom. The SMILES string of the molecule is CCNC(c1ccc(C)c(Cl)c1)c1cc2sccc2s1. The van der Waals surface area contributed by atoms with Gasteiger partial charge in [0, 0.05) is 19.3 Å². The minimum atomic E-state index is 0.225. The molecule has 1 nitrogen and oxygen atoms in total. The third kappa shape index (κ3) is 2.63. The second kappa shape index (κ2) is 5.86. The molecule has 0 saturated carbocycles. The number of hydrogen-bond donors (Lipinski definition) is 1. The van der Waals surface area contributed by atoms with E-state index in [2.05, 4.69) is 48.0 Å². The minimum Gasteiger partial charge on any atom is -0.306 e. The summed E-state index contributed by atoms with van der Waals surface area (Å²) in [4.78, 5) is 1.36. The van der Waals surface area contributed by atoms with E-state index in [1.165, 1.54) is 19.8 Å². The van der Waals surface area contributed by atoms with Gasteiger partial charge < -0.3 is 5.32 Å². The summed E-state index contributed by atoms with van der Waals surface area (Å²) in [6, 6.07) is 11.1. The van der Waals surface area contributed by atoms with E-state index in [4.69, 9.17) is 11.6 Å². The van der Waals surface area contributed by atoms with E-state index < -0.39 is 0 Å². The Balaban J connectivity index is 2.03. The summed E-state index contributed by atoms with van der Waals surface area (Å²) in [5.41, 5.74) is 2.36. The molecule has 0 bridgehead atoms. The predicted octanol–water partition coefficient (Wildman–Crippen LogP) is 5.62. The van der Waals surface area contributed by atoms with Gasteiger partial charge in [0.05, 0.1) is 6.04 Å². The third-order valence-electron chi connectivity index (χ3n) is 3.38. The number of thiophene rings is 2. The van der Waals surface area contributed by atoms with Crippen LogP contribution in [0.4, 0.5) is 0 Å². The zero-order chi connectivity index (χ0) is 14.1. The van der Waals surface area contributed by atoms with Gasteiger partial charge in [-0.25, -0.2) is 0 Å². The summed E-state index contributed by atoms with van der Waals surface area (Å²) in [6.45, 7) is 5.11. The van der Waals surface area contributed by atoms with Crippen LogP contribution in [0.15, 0.2) is 35.7 Å². The van der Waals surface area contributed by atoms with Crippen molar-refractivity contribution in [3.8, 4) is 0 Å². The molecule has 20 heavy (non-hydrogen) atoms. The molecule has 4 heteroatoms. The van der Waals surface area contributed by atoms with Crippen LogP contribution >= 0.6 is 34.3 Å². The zero-order valence-corrected chi connectivity index (χ0v) is 13.8. The van der Waals surface area contributed by atoms with Crippen molar-refractivity contribution in [3.05, 3.63) is 56.7 Å². The lowest BCUT2D eigenvalue weighted by molar-refractivity contribution is 0.640. The molecule has 1 N–H and O–H groups in total. The number of rotatable bonds is 4. The summed E-state index contributed by atoms with van der Waals surface area (Å²) in [6.07, 6.45) is 0. The van der Waals surface area contributed by atoms with Crippen LogP contribution in [0, 0.1) is 6.92 Å². The van der Waals surface area contributed by atoms with E-state index in [1.807, 2.05) is 18.3 Å². The van der Waals surface area contributed by atoms with E-state index in [9.17, 15) is 0 Å². The Bertz CT molecular complexity index is 700.